The summed E-state index contributed by atoms with van der Waals surface area (Å²) in [6.07, 6.45) is 4.07. The number of nitrogens with one attached hydrogen (secondary N) is 1. The van der Waals surface area contributed by atoms with Gasteiger partial charge in [-0.25, -0.2) is 0 Å². The van der Waals surface area contributed by atoms with Crippen molar-refractivity contribution in [1.29, 1.82) is 0 Å². The Balaban J connectivity index is 2.51. The van der Waals surface area contributed by atoms with Crippen molar-refractivity contribution in [3.63, 3.8) is 0 Å². The highest BCUT2D eigenvalue weighted by Gasteiger charge is 2.30. The van der Waals surface area contributed by atoms with Gasteiger partial charge >= 0.3 is 5.97 Å². The Bertz CT molecular complexity index is 180. The first-order valence-electron chi connectivity index (χ1n) is 5.10. The molecule has 0 radical (unpaired) electrons. The summed E-state index contributed by atoms with van der Waals surface area (Å²) in [6.45, 7) is 4.13. The van der Waals surface area contributed by atoms with E-state index >= 15 is 0 Å². The maximum absolute atomic E-state index is 10.9. The molecule has 1 fully saturated rings. The summed E-state index contributed by atoms with van der Waals surface area (Å²) >= 11 is 0. The Kier molecular flexibility index (Phi) is 3.72. The minimum absolute atomic E-state index is 0.170. The first-order chi connectivity index (χ1) is 6.11. The van der Waals surface area contributed by atoms with Crippen LogP contribution in [0.1, 0.15) is 39.5 Å². The van der Waals surface area contributed by atoms with Gasteiger partial charge in [-0.05, 0) is 12.8 Å². The van der Waals surface area contributed by atoms with E-state index in [1.807, 2.05) is 0 Å². The van der Waals surface area contributed by atoms with Gasteiger partial charge in [0.05, 0.1) is 5.92 Å². The molecule has 0 saturated heterocycles. The molecule has 3 heteroatoms. The molecule has 1 aliphatic rings. The second-order valence-electron chi connectivity index (χ2n) is 4.16. The lowest BCUT2D eigenvalue weighted by molar-refractivity contribution is -0.143. The van der Waals surface area contributed by atoms with Crippen molar-refractivity contribution < 1.29 is 9.90 Å². The standard InChI is InChI=1S/C10H19NO2/c1-7(2)11-9-6-4-3-5-8(9)10(12)13/h7-9,11H,3-6H2,1-2H3,(H,12,13)/t8-,9+/m0/s1. The second-order valence-corrected chi connectivity index (χ2v) is 4.16. The maximum Gasteiger partial charge on any atom is 0.308 e. The SMILES string of the molecule is CC(C)N[C@@H]1CCCC[C@@H]1C(=O)O. The molecule has 76 valence electrons. The van der Waals surface area contributed by atoms with Crippen molar-refractivity contribution in [3.8, 4) is 0 Å². The molecule has 13 heavy (non-hydrogen) atoms. The van der Waals surface area contributed by atoms with Crippen LogP contribution in [0.2, 0.25) is 0 Å². The van der Waals surface area contributed by atoms with E-state index in [4.69, 9.17) is 5.11 Å². The summed E-state index contributed by atoms with van der Waals surface area (Å²) in [5.41, 5.74) is 0. The topological polar surface area (TPSA) is 49.3 Å². The lowest BCUT2D eigenvalue weighted by Crippen LogP contribution is -2.45. The van der Waals surface area contributed by atoms with E-state index in [-0.39, 0.29) is 12.0 Å². The Morgan fingerprint density at radius 2 is 2.00 bits per heavy atom. The number of hydrogen-bond acceptors (Lipinski definition) is 2. The van der Waals surface area contributed by atoms with Gasteiger partial charge in [-0.3, -0.25) is 4.79 Å². The van der Waals surface area contributed by atoms with Crippen LogP contribution in [0.15, 0.2) is 0 Å². The lowest BCUT2D eigenvalue weighted by Gasteiger charge is -2.30. The zero-order chi connectivity index (χ0) is 9.84. The van der Waals surface area contributed by atoms with Gasteiger partial charge in [-0.15, -0.1) is 0 Å². The lowest BCUT2D eigenvalue weighted by atomic mass is 9.84. The molecule has 0 aliphatic heterocycles. The quantitative estimate of drug-likeness (QED) is 0.702. The minimum atomic E-state index is -0.641. The normalized spacial score (nSPS) is 29.2. The van der Waals surface area contributed by atoms with Gasteiger partial charge in [0.15, 0.2) is 0 Å². The van der Waals surface area contributed by atoms with E-state index in [1.54, 1.807) is 0 Å². The van der Waals surface area contributed by atoms with Crippen LogP contribution in [0.5, 0.6) is 0 Å². The average Bonchev–Trinajstić information content (AvgIpc) is 2.03. The molecule has 0 spiro atoms. The van der Waals surface area contributed by atoms with E-state index in [2.05, 4.69) is 19.2 Å². The molecule has 0 aromatic carbocycles. The van der Waals surface area contributed by atoms with E-state index in [9.17, 15) is 4.79 Å². The molecule has 0 unspecified atom stereocenters. The van der Waals surface area contributed by atoms with Crippen LogP contribution in [0.3, 0.4) is 0 Å². The number of carboxylic acid groups (broad SMARTS) is 1. The van der Waals surface area contributed by atoms with Crippen molar-refractivity contribution in [2.24, 2.45) is 5.92 Å². The van der Waals surface area contributed by atoms with E-state index in [0.29, 0.717) is 6.04 Å². The number of aliphatic carboxylic acids is 1. The summed E-state index contributed by atoms with van der Waals surface area (Å²) in [5, 5.41) is 12.3. The zero-order valence-corrected chi connectivity index (χ0v) is 8.42. The van der Waals surface area contributed by atoms with Crippen molar-refractivity contribution in [2.45, 2.75) is 51.6 Å². The third-order valence-corrected chi connectivity index (χ3v) is 2.63. The monoisotopic (exact) mass is 185 g/mol. The van der Waals surface area contributed by atoms with Crippen molar-refractivity contribution in [3.05, 3.63) is 0 Å². The first-order valence-corrected chi connectivity index (χ1v) is 5.10. The fourth-order valence-corrected chi connectivity index (χ4v) is 2.05. The molecule has 0 amide bonds. The average molecular weight is 185 g/mol. The summed E-state index contributed by atoms with van der Waals surface area (Å²) < 4.78 is 0. The van der Waals surface area contributed by atoms with Crippen LogP contribution in [-0.2, 0) is 4.79 Å². The minimum Gasteiger partial charge on any atom is -0.481 e. The van der Waals surface area contributed by atoms with E-state index < -0.39 is 5.97 Å². The van der Waals surface area contributed by atoms with Gasteiger partial charge in [0, 0.05) is 12.1 Å². The van der Waals surface area contributed by atoms with Crippen LogP contribution in [0.4, 0.5) is 0 Å². The Hall–Kier alpha value is -0.570. The molecule has 2 N–H and O–H groups in total. The Labute approximate surface area is 79.5 Å². The highest BCUT2D eigenvalue weighted by Crippen LogP contribution is 2.24. The number of carboxylic acids is 1. The number of hydrogen-bond donors (Lipinski definition) is 2. The van der Waals surface area contributed by atoms with E-state index in [0.717, 1.165) is 25.7 Å². The fourth-order valence-electron chi connectivity index (χ4n) is 2.05. The van der Waals surface area contributed by atoms with Crippen molar-refractivity contribution in [2.75, 3.05) is 0 Å². The predicted molar refractivity (Wildman–Crippen MR) is 51.7 cm³/mol. The van der Waals surface area contributed by atoms with Crippen LogP contribution in [0.25, 0.3) is 0 Å². The molecule has 0 aromatic heterocycles. The molecule has 0 heterocycles. The molecule has 2 atom stereocenters. The number of carbonyl (C=O) groups is 1. The Morgan fingerprint density at radius 1 is 1.38 bits per heavy atom. The second kappa shape index (κ2) is 4.61. The summed E-state index contributed by atoms with van der Waals surface area (Å²) in [5.74, 6) is -0.811. The van der Waals surface area contributed by atoms with Gasteiger partial charge in [0.25, 0.3) is 0 Å². The zero-order valence-electron chi connectivity index (χ0n) is 8.42. The third-order valence-electron chi connectivity index (χ3n) is 2.63. The summed E-state index contributed by atoms with van der Waals surface area (Å²) in [6, 6.07) is 0.566. The fraction of sp³-hybridized carbons (Fsp3) is 0.900. The smallest absolute Gasteiger partial charge is 0.308 e. The predicted octanol–water partition coefficient (Wildman–Crippen LogP) is 1.63. The molecule has 3 nitrogen and oxygen atoms in total. The Morgan fingerprint density at radius 3 is 2.54 bits per heavy atom. The molecule has 1 rings (SSSR count). The molecule has 0 aromatic rings. The van der Waals surface area contributed by atoms with Crippen LogP contribution < -0.4 is 5.32 Å². The van der Waals surface area contributed by atoms with Gasteiger partial charge in [-0.1, -0.05) is 26.7 Å². The van der Waals surface area contributed by atoms with Crippen LogP contribution in [-0.4, -0.2) is 23.2 Å². The largest absolute Gasteiger partial charge is 0.481 e. The number of rotatable bonds is 3. The molecule has 1 saturated carbocycles. The van der Waals surface area contributed by atoms with Gasteiger partial charge in [-0.2, -0.15) is 0 Å². The first kappa shape index (κ1) is 10.5. The van der Waals surface area contributed by atoms with Crippen LogP contribution >= 0.6 is 0 Å². The summed E-state index contributed by atoms with van der Waals surface area (Å²) in [4.78, 5) is 10.9. The van der Waals surface area contributed by atoms with Crippen LogP contribution in [0, 0.1) is 5.92 Å². The van der Waals surface area contributed by atoms with Gasteiger partial charge in [0.1, 0.15) is 0 Å². The van der Waals surface area contributed by atoms with Gasteiger partial charge < -0.3 is 10.4 Å². The molecular weight excluding hydrogens is 166 g/mol. The van der Waals surface area contributed by atoms with Crippen molar-refractivity contribution >= 4 is 5.97 Å². The van der Waals surface area contributed by atoms with Crippen molar-refractivity contribution in [1.82, 2.24) is 5.32 Å². The molecular formula is C10H19NO2. The van der Waals surface area contributed by atoms with Gasteiger partial charge in [0.2, 0.25) is 0 Å². The maximum atomic E-state index is 10.9. The molecule has 0 bridgehead atoms. The molecule has 1 aliphatic carbocycles. The van der Waals surface area contributed by atoms with E-state index in [1.165, 1.54) is 0 Å². The highest BCUT2D eigenvalue weighted by atomic mass is 16.4. The third kappa shape index (κ3) is 2.99. The summed E-state index contributed by atoms with van der Waals surface area (Å²) in [7, 11) is 0. The highest BCUT2D eigenvalue weighted by molar-refractivity contribution is 5.71.